The minimum Gasteiger partial charge on any atom is -0.341 e. The van der Waals surface area contributed by atoms with E-state index in [0.29, 0.717) is 31.7 Å². The molecule has 2 rings (SSSR count). The summed E-state index contributed by atoms with van der Waals surface area (Å²) in [6, 6.07) is 5.96. The lowest BCUT2D eigenvalue weighted by molar-refractivity contribution is -0.128. The molecule has 1 heterocycles. The molecule has 0 aromatic heterocycles. The molecule has 0 spiro atoms. The van der Waals surface area contributed by atoms with Gasteiger partial charge in [-0.3, -0.25) is 9.59 Å². The maximum absolute atomic E-state index is 12.6. The van der Waals surface area contributed by atoms with Gasteiger partial charge in [-0.2, -0.15) is 0 Å². The Morgan fingerprint density at radius 3 is 2.04 bits per heavy atom. The summed E-state index contributed by atoms with van der Waals surface area (Å²) in [5.74, 6) is -0.128. The molecule has 1 aromatic rings. The van der Waals surface area contributed by atoms with E-state index in [0.717, 1.165) is 10.7 Å². The van der Waals surface area contributed by atoms with Crippen LogP contribution in [0, 0.1) is 0 Å². The van der Waals surface area contributed by atoms with E-state index in [1.165, 1.54) is 45.3 Å². The summed E-state index contributed by atoms with van der Waals surface area (Å²) < 4.78 is 25.2. The zero-order valence-electron chi connectivity index (χ0n) is 14.2. The highest BCUT2D eigenvalue weighted by Crippen LogP contribution is 2.16. The molecule has 132 valence electrons. The van der Waals surface area contributed by atoms with E-state index in [2.05, 4.69) is 0 Å². The van der Waals surface area contributed by atoms with Gasteiger partial charge in [0.05, 0.1) is 4.90 Å². The molecule has 1 aromatic carbocycles. The summed E-state index contributed by atoms with van der Waals surface area (Å²) in [4.78, 5) is 27.6. The Bertz CT molecular complexity index is 713. The van der Waals surface area contributed by atoms with E-state index in [1.807, 2.05) is 0 Å². The summed E-state index contributed by atoms with van der Waals surface area (Å²) in [6.07, 6.45) is 0.735. The summed E-state index contributed by atoms with van der Waals surface area (Å²) in [7, 11) is -0.573. The third-order valence-electron chi connectivity index (χ3n) is 4.11. The van der Waals surface area contributed by atoms with Crippen molar-refractivity contribution in [2.45, 2.75) is 18.2 Å². The number of carbonyl (C=O) groups excluding carboxylic acids is 2. The van der Waals surface area contributed by atoms with Crippen LogP contribution in [0.25, 0.3) is 0 Å². The zero-order chi connectivity index (χ0) is 17.9. The lowest BCUT2D eigenvalue weighted by Gasteiger charge is -2.21. The third-order valence-corrected chi connectivity index (χ3v) is 5.94. The van der Waals surface area contributed by atoms with Crippen LogP contribution < -0.4 is 0 Å². The number of benzene rings is 1. The van der Waals surface area contributed by atoms with Gasteiger partial charge in [-0.25, -0.2) is 12.7 Å². The highest BCUT2D eigenvalue weighted by atomic mass is 32.2. The first kappa shape index (κ1) is 18.4. The molecule has 1 fully saturated rings. The summed E-state index contributed by atoms with van der Waals surface area (Å²) in [5.41, 5.74) is 0.448. The fraction of sp³-hybridized carbons (Fsp3) is 0.500. The molecule has 0 unspecified atom stereocenters. The lowest BCUT2D eigenvalue weighted by atomic mass is 10.2. The average Bonchev–Trinajstić information content (AvgIpc) is 2.80. The van der Waals surface area contributed by atoms with Crippen molar-refractivity contribution in [1.82, 2.24) is 14.1 Å². The second kappa shape index (κ2) is 7.31. The molecule has 8 heteroatoms. The molecule has 0 saturated carbocycles. The van der Waals surface area contributed by atoms with Crippen molar-refractivity contribution < 1.29 is 18.0 Å². The predicted molar refractivity (Wildman–Crippen MR) is 90.1 cm³/mol. The van der Waals surface area contributed by atoms with Crippen LogP contribution >= 0.6 is 0 Å². The van der Waals surface area contributed by atoms with Gasteiger partial charge in [0.2, 0.25) is 15.9 Å². The number of rotatable bonds is 3. The van der Waals surface area contributed by atoms with Crippen molar-refractivity contribution in [3.8, 4) is 0 Å². The van der Waals surface area contributed by atoms with Gasteiger partial charge in [0.15, 0.2) is 0 Å². The first-order valence-corrected chi connectivity index (χ1v) is 9.25. The molecule has 1 saturated heterocycles. The molecule has 0 radical (unpaired) electrons. The number of carbonyl (C=O) groups is 2. The SMILES string of the molecule is CC(=O)N1CCCN(C(=O)c2ccc(S(=O)(=O)N(C)C)cc2)CC1. The Labute approximate surface area is 142 Å². The van der Waals surface area contributed by atoms with Crippen LogP contribution in [0.2, 0.25) is 0 Å². The monoisotopic (exact) mass is 353 g/mol. The van der Waals surface area contributed by atoms with Gasteiger partial charge in [-0.15, -0.1) is 0 Å². The molecule has 1 aliphatic heterocycles. The van der Waals surface area contributed by atoms with Crippen molar-refractivity contribution in [2.75, 3.05) is 40.3 Å². The molecule has 0 N–H and O–H groups in total. The van der Waals surface area contributed by atoms with Crippen molar-refractivity contribution >= 4 is 21.8 Å². The maximum Gasteiger partial charge on any atom is 0.253 e. The molecule has 2 amide bonds. The lowest BCUT2D eigenvalue weighted by Crippen LogP contribution is -2.36. The zero-order valence-corrected chi connectivity index (χ0v) is 15.0. The van der Waals surface area contributed by atoms with E-state index >= 15 is 0 Å². The first-order chi connectivity index (χ1) is 11.2. The van der Waals surface area contributed by atoms with E-state index < -0.39 is 10.0 Å². The predicted octanol–water partition coefficient (Wildman–Crippen LogP) is 0.631. The fourth-order valence-electron chi connectivity index (χ4n) is 2.60. The molecule has 0 bridgehead atoms. The summed E-state index contributed by atoms with van der Waals surface area (Å²) >= 11 is 0. The van der Waals surface area contributed by atoms with E-state index in [1.54, 1.807) is 9.80 Å². The minimum absolute atomic E-state index is 0.0162. The highest BCUT2D eigenvalue weighted by Gasteiger charge is 2.22. The topological polar surface area (TPSA) is 78.0 Å². The Morgan fingerprint density at radius 1 is 0.958 bits per heavy atom. The highest BCUT2D eigenvalue weighted by molar-refractivity contribution is 7.89. The molecule has 0 atom stereocenters. The van der Waals surface area contributed by atoms with E-state index in [9.17, 15) is 18.0 Å². The second-order valence-corrected chi connectivity index (χ2v) is 8.12. The van der Waals surface area contributed by atoms with Crippen LogP contribution in [-0.2, 0) is 14.8 Å². The maximum atomic E-state index is 12.6. The van der Waals surface area contributed by atoms with Crippen LogP contribution in [0.15, 0.2) is 29.2 Å². The Kier molecular flexibility index (Phi) is 5.61. The van der Waals surface area contributed by atoms with Crippen LogP contribution in [0.5, 0.6) is 0 Å². The van der Waals surface area contributed by atoms with E-state index in [-0.39, 0.29) is 16.7 Å². The van der Waals surface area contributed by atoms with Crippen LogP contribution in [0.3, 0.4) is 0 Å². The normalized spacial score (nSPS) is 16.2. The van der Waals surface area contributed by atoms with Gasteiger partial charge in [-0.1, -0.05) is 0 Å². The minimum atomic E-state index is -3.50. The standard InChI is InChI=1S/C16H23N3O4S/c1-13(20)18-9-4-10-19(12-11-18)16(21)14-5-7-15(8-6-14)24(22,23)17(2)3/h5-8H,4,9-12H2,1-3H3. The molecule has 1 aliphatic rings. The van der Waals surface area contributed by atoms with Gasteiger partial charge >= 0.3 is 0 Å². The third kappa shape index (κ3) is 3.93. The van der Waals surface area contributed by atoms with Gasteiger partial charge in [-0.05, 0) is 30.7 Å². The molecule has 0 aliphatic carbocycles. The smallest absolute Gasteiger partial charge is 0.253 e. The summed E-state index contributed by atoms with van der Waals surface area (Å²) in [6.45, 7) is 3.77. The fourth-order valence-corrected chi connectivity index (χ4v) is 3.50. The van der Waals surface area contributed by atoms with Gasteiger partial charge in [0.1, 0.15) is 0 Å². The molecule has 24 heavy (non-hydrogen) atoms. The number of sulfonamides is 1. The van der Waals surface area contributed by atoms with Gasteiger partial charge in [0.25, 0.3) is 5.91 Å². The number of hydrogen-bond donors (Lipinski definition) is 0. The first-order valence-electron chi connectivity index (χ1n) is 7.81. The Balaban J connectivity index is 2.12. The largest absolute Gasteiger partial charge is 0.341 e. The van der Waals surface area contributed by atoms with Crippen molar-refractivity contribution in [2.24, 2.45) is 0 Å². The van der Waals surface area contributed by atoms with Crippen LogP contribution in [0.1, 0.15) is 23.7 Å². The summed E-state index contributed by atoms with van der Waals surface area (Å²) in [5, 5.41) is 0. The second-order valence-electron chi connectivity index (χ2n) is 5.96. The van der Waals surface area contributed by atoms with Crippen LogP contribution in [-0.4, -0.2) is 74.6 Å². The van der Waals surface area contributed by atoms with Crippen molar-refractivity contribution in [3.05, 3.63) is 29.8 Å². The van der Waals surface area contributed by atoms with Gasteiger partial charge in [0, 0.05) is 52.8 Å². The van der Waals surface area contributed by atoms with Gasteiger partial charge < -0.3 is 9.80 Å². The molecular weight excluding hydrogens is 330 g/mol. The van der Waals surface area contributed by atoms with E-state index in [4.69, 9.17) is 0 Å². The Hall–Kier alpha value is -1.93. The average molecular weight is 353 g/mol. The quantitative estimate of drug-likeness (QED) is 0.799. The number of hydrogen-bond acceptors (Lipinski definition) is 4. The Morgan fingerprint density at radius 2 is 1.50 bits per heavy atom. The number of nitrogens with zero attached hydrogens (tertiary/aromatic N) is 3. The molecular formula is C16H23N3O4S. The number of amides is 2. The molecule has 7 nitrogen and oxygen atoms in total. The van der Waals surface area contributed by atoms with Crippen LogP contribution in [0.4, 0.5) is 0 Å². The van der Waals surface area contributed by atoms with Crippen molar-refractivity contribution in [1.29, 1.82) is 0 Å². The van der Waals surface area contributed by atoms with Crippen molar-refractivity contribution in [3.63, 3.8) is 0 Å².